The number of carbonyl (C=O) groups excluding carboxylic acids is 2. The van der Waals surface area contributed by atoms with Gasteiger partial charge in [-0.25, -0.2) is 0 Å². The zero-order valence-electron chi connectivity index (χ0n) is 10.2. The summed E-state index contributed by atoms with van der Waals surface area (Å²) in [5, 5.41) is 2.94. The minimum atomic E-state index is -0.0987. The number of amides is 1. The van der Waals surface area contributed by atoms with Crippen LogP contribution in [0.5, 0.6) is 5.75 Å². The molecule has 1 aromatic rings. The van der Waals surface area contributed by atoms with Crippen molar-refractivity contribution in [3.63, 3.8) is 0 Å². The normalized spacial score (nSPS) is 15.3. The Balaban J connectivity index is 1.79. The van der Waals surface area contributed by atoms with Crippen molar-refractivity contribution in [1.82, 2.24) is 5.32 Å². The summed E-state index contributed by atoms with van der Waals surface area (Å²) in [7, 11) is 0. The first-order chi connectivity index (χ1) is 8.78. The Hall–Kier alpha value is -1.84. The lowest BCUT2D eigenvalue weighted by Gasteiger charge is -2.12. The van der Waals surface area contributed by atoms with Crippen LogP contribution in [0.3, 0.4) is 0 Å². The predicted octanol–water partition coefficient (Wildman–Crippen LogP) is 1.94. The molecule has 1 fully saturated rings. The highest BCUT2D eigenvalue weighted by Gasteiger charge is 2.17. The molecule has 0 aliphatic heterocycles. The first-order valence-electron chi connectivity index (χ1n) is 6.25. The van der Waals surface area contributed by atoms with Crippen molar-refractivity contribution in [2.45, 2.75) is 31.7 Å². The number of hydrogen-bond donors (Lipinski definition) is 1. The van der Waals surface area contributed by atoms with E-state index >= 15 is 0 Å². The summed E-state index contributed by atoms with van der Waals surface area (Å²) in [5.74, 6) is 0.444. The Morgan fingerprint density at radius 1 is 1.39 bits per heavy atom. The third kappa shape index (κ3) is 3.58. The Morgan fingerprint density at radius 3 is 2.89 bits per heavy atom. The van der Waals surface area contributed by atoms with Crippen LogP contribution >= 0.6 is 0 Å². The molecule has 4 heteroatoms. The van der Waals surface area contributed by atoms with Gasteiger partial charge >= 0.3 is 0 Å². The van der Waals surface area contributed by atoms with Gasteiger partial charge in [-0.2, -0.15) is 0 Å². The van der Waals surface area contributed by atoms with E-state index in [2.05, 4.69) is 5.32 Å². The third-order valence-corrected chi connectivity index (χ3v) is 3.08. The van der Waals surface area contributed by atoms with Crippen LogP contribution in [-0.2, 0) is 4.79 Å². The largest absolute Gasteiger partial charge is 0.484 e. The van der Waals surface area contributed by atoms with Crippen LogP contribution in [0, 0.1) is 0 Å². The fourth-order valence-corrected chi connectivity index (χ4v) is 2.17. The highest BCUT2D eigenvalue weighted by molar-refractivity contribution is 5.78. The number of hydrogen-bond acceptors (Lipinski definition) is 3. The van der Waals surface area contributed by atoms with Gasteiger partial charge in [0, 0.05) is 11.6 Å². The van der Waals surface area contributed by atoms with Gasteiger partial charge in [-0.1, -0.05) is 25.0 Å². The van der Waals surface area contributed by atoms with E-state index in [0.29, 0.717) is 17.4 Å². The summed E-state index contributed by atoms with van der Waals surface area (Å²) in [6, 6.07) is 7.08. The van der Waals surface area contributed by atoms with Gasteiger partial charge in [-0.15, -0.1) is 0 Å². The molecule has 0 radical (unpaired) electrons. The smallest absolute Gasteiger partial charge is 0.258 e. The van der Waals surface area contributed by atoms with Gasteiger partial charge in [0.1, 0.15) is 12.0 Å². The molecule has 1 N–H and O–H groups in total. The van der Waals surface area contributed by atoms with Crippen molar-refractivity contribution in [3.05, 3.63) is 29.8 Å². The second-order valence-corrected chi connectivity index (χ2v) is 4.53. The lowest BCUT2D eigenvalue weighted by Crippen LogP contribution is -2.36. The summed E-state index contributed by atoms with van der Waals surface area (Å²) >= 11 is 0. The predicted molar refractivity (Wildman–Crippen MR) is 67.7 cm³/mol. The molecule has 96 valence electrons. The Bertz CT molecular complexity index is 425. The van der Waals surface area contributed by atoms with Crippen LogP contribution in [-0.4, -0.2) is 24.8 Å². The molecular weight excluding hydrogens is 230 g/mol. The van der Waals surface area contributed by atoms with Crippen molar-refractivity contribution >= 4 is 12.2 Å². The van der Waals surface area contributed by atoms with Gasteiger partial charge < -0.3 is 10.1 Å². The summed E-state index contributed by atoms with van der Waals surface area (Å²) in [6.45, 7) is -0.00118. The lowest BCUT2D eigenvalue weighted by molar-refractivity contribution is -0.123. The minimum absolute atomic E-state index is 0.00118. The molecule has 1 aliphatic carbocycles. The number of rotatable bonds is 5. The standard InChI is InChI=1S/C14H17NO3/c16-9-11-4-3-7-13(8-11)18-10-14(17)15-12-5-1-2-6-12/h3-4,7-9,12H,1-2,5-6,10H2,(H,15,17). The molecule has 1 aromatic carbocycles. The summed E-state index contributed by atoms with van der Waals surface area (Å²) in [4.78, 5) is 22.2. The van der Waals surface area contributed by atoms with Gasteiger partial charge in [-0.3, -0.25) is 9.59 Å². The molecular formula is C14H17NO3. The van der Waals surface area contributed by atoms with Crippen LogP contribution in [0.25, 0.3) is 0 Å². The maximum Gasteiger partial charge on any atom is 0.258 e. The average Bonchev–Trinajstić information content (AvgIpc) is 2.89. The van der Waals surface area contributed by atoms with E-state index < -0.39 is 0 Å². The SMILES string of the molecule is O=Cc1cccc(OCC(=O)NC2CCCC2)c1. The Labute approximate surface area is 106 Å². The van der Waals surface area contributed by atoms with Gasteiger partial charge in [-0.05, 0) is 25.0 Å². The second kappa shape index (κ2) is 6.19. The van der Waals surface area contributed by atoms with E-state index in [1.165, 1.54) is 12.8 Å². The highest BCUT2D eigenvalue weighted by atomic mass is 16.5. The quantitative estimate of drug-likeness (QED) is 0.809. The maximum atomic E-state index is 11.6. The molecule has 1 aliphatic rings. The summed E-state index contributed by atoms with van der Waals surface area (Å²) < 4.78 is 5.35. The molecule has 0 bridgehead atoms. The minimum Gasteiger partial charge on any atom is -0.484 e. The molecule has 4 nitrogen and oxygen atoms in total. The molecule has 0 saturated heterocycles. The van der Waals surface area contributed by atoms with E-state index in [1.54, 1.807) is 24.3 Å². The van der Waals surface area contributed by atoms with E-state index in [-0.39, 0.29) is 12.5 Å². The van der Waals surface area contributed by atoms with Gasteiger partial charge in [0.25, 0.3) is 5.91 Å². The first kappa shape index (κ1) is 12.6. The molecule has 18 heavy (non-hydrogen) atoms. The fourth-order valence-electron chi connectivity index (χ4n) is 2.17. The van der Waals surface area contributed by atoms with Gasteiger partial charge in [0.05, 0.1) is 0 Å². The number of benzene rings is 1. The Kier molecular flexibility index (Phi) is 4.34. The van der Waals surface area contributed by atoms with Crippen LogP contribution < -0.4 is 10.1 Å². The number of nitrogens with one attached hydrogen (secondary N) is 1. The zero-order valence-corrected chi connectivity index (χ0v) is 10.2. The maximum absolute atomic E-state index is 11.6. The molecule has 0 atom stereocenters. The molecule has 1 saturated carbocycles. The van der Waals surface area contributed by atoms with E-state index in [9.17, 15) is 9.59 Å². The van der Waals surface area contributed by atoms with E-state index in [0.717, 1.165) is 19.1 Å². The first-order valence-corrected chi connectivity index (χ1v) is 6.25. The van der Waals surface area contributed by atoms with Crippen molar-refractivity contribution in [2.75, 3.05) is 6.61 Å². The Morgan fingerprint density at radius 2 is 2.17 bits per heavy atom. The molecule has 0 heterocycles. The van der Waals surface area contributed by atoms with Gasteiger partial charge in [0.2, 0.25) is 0 Å². The second-order valence-electron chi connectivity index (χ2n) is 4.53. The molecule has 0 aromatic heterocycles. The lowest BCUT2D eigenvalue weighted by atomic mass is 10.2. The number of ether oxygens (including phenoxy) is 1. The number of carbonyl (C=O) groups is 2. The average molecular weight is 247 g/mol. The van der Waals surface area contributed by atoms with E-state index in [4.69, 9.17) is 4.74 Å². The highest BCUT2D eigenvalue weighted by Crippen LogP contribution is 2.17. The van der Waals surface area contributed by atoms with Crippen LogP contribution in [0.4, 0.5) is 0 Å². The van der Waals surface area contributed by atoms with E-state index in [1.807, 2.05) is 0 Å². The van der Waals surface area contributed by atoms with Gasteiger partial charge in [0.15, 0.2) is 6.61 Å². The van der Waals surface area contributed by atoms with Crippen molar-refractivity contribution in [3.8, 4) is 5.75 Å². The van der Waals surface area contributed by atoms with Crippen LogP contribution in [0.2, 0.25) is 0 Å². The molecule has 0 spiro atoms. The zero-order chi connectivity index (χ0) is 12.8. The molecule has 2 rings (SSSR count). The summed E-state index contributed by atoms with van der Waals surface area (Å²) in [5.41, 5.74) is 0.545. The summed E-state index contributed by atoms with van der Waals surface area (Å²) in [6.07, 6.45) is 5.25. The van der Waals surface area contributed by atoms with Crippen molar-refractivity contribution in [2.24, 2.45) is 0 Å². The monoisotopic (exact) mass is 247 g/mol. The third-order valence-electron chi connectivity index (χ3n) is 3.08. The molecule has 0 unspecified atom stereocenters. The topological polar surface area (TPSA) is 55.4 Å². The number of aldehydes is 1. The van der Waals surface area contributed by atoms with Crippen LogP contribution in [0.15, 0.2) is 24.3 Å². The van der Waals surface area contributed by atoms with Crippen molar-refractivity contribution < 1.29 is 14.3 Å². The van der Waals surface area contributed by atoms with Crippen molar-refractivity contribution in [1.29, 1.82) is 0 Å². The molecule has 1 amide bonds. The fraction of sp³-hybridized carbons (Fsp3) is 0.429. The van der Waals surface area contributed by atoms with Crippen LogP contribution in [0.1, 0.15) is 36.0 Å².